The van der Waals surface area contributed by atoms with E-state index < -0.39 is 12.1 Å². The zero-order valence-electron chi connectivity index (χ0n) is 15.4. The second-order valence-corrected chi connectivity index (χ2v) is 6.27. The molecule has 0 bridgehead atoms. The van der Waals surface area contributed by atoms with Gasteiger partial charge < -0.3 is 10.1 Å². The van der Waals surface area contributed by atoms with Crippen molar-refractivity contribution in [2.45, 2.75) is 51.7 Å². The van der Waals surface area contributed by atoms with Gasteiger partial charge >= 0.3 is 5.97 Å². The third-order valence-corrected chi connectivity index (χ3v) is 4.19. The van der Waals surface area contributed by atoms with Crippen LogP contribution < -0.4 is 5.32 Å². The number of rotatable bonds is 7. The van der Waals surface area contributed by atoms with Crippen molar-refractivity contribution in [2.24, 2.45) is 5.10 Å². The average Bonchev–Trinajstić information content (AvgIpc) is 2.64. The van der Waals surface area contributed by atoms with Gasteiger partial charge in [0.05, 0.1) is 6.04 Å². The van der Waals surface area contributed by atoms with Gasteiger partial charge in [-0.2, -0.15) is 5.10 Å². The summed E-state index contributed by atoms with van der Waals surface area (Å²) in [4.78, 5) is 36.0. The fraction of sp³-hybridized carbons (Fsp3) is 0.474. The highest BCUT2D eigenvalue weighted by molar-refractivity contribution is 6.37. The number of nitrogens with zero attached hydrogens (tertiary/aromatic N) is 2. The van der Waals surface area contributed by atoms with E-state index in [1.165, 1.54) is 14.0 Å². The van der Waals surface area contributed by atoms with Crippen molar-refractivity contribution in [1.29, 1.82) is 0 Å². The molecule has 2 rings (SSSR count). The predicted octanol–water partition coefficient (Wildman–Crippen LogP) is 2.18. The highest BCUT2D eigenvalue weighted by Gasteiger charge is 2.27. The number of hydrogen-bond donors (Lipinski definition) is 1. The number of amides is 2. The first-order valence-corrected chi connectivity index (χ1v) is 8.82. The summed E-state index contributed by atoms with van der Waals surface area (Å²) in [6.07, 6.45) is 1.17. The van der Waals surface area contributed by atoms with Crippen molar-refractivity contribution in [1.82, 2.24) is 10.3 Å². The van der Waals surface area contributed by atoms with E-state index in [1.54, 1.807) is 0 Å². The minimum Gasteiger partial charge on any atom is -0.448 e. The zero-order chi connectivity index (χ0) is 19.1. The van der Waals surface area contributed by atoms with Crippen LogP contribution in [0, 0.1) is 0 Å². The summed E-state index contributed by atoms with van der Waals surface area (Å²) in [5, 5.41) is 7.97. The molecule has 2 atom stereocenters. The predicted molar refractivity (Wildman–Crippen MR) is 97.2 cm³/mol. The molecule has 1 N–H and O–H groups in total. The summed E-state index contributed by atoms with van der Waals surface area (Å²) in [5.74, 6) is -1.18. The van der Waals surface area contributed by atoms with Gasteiger partial charge in [-0.3, -0.25) is 9.59 Å². The lowest BCUT2D eigenvalue weighted by molar-refractivity contribution is -0.149. The van der Waals surface area contributed by atoms with Crippen molar-refractivity contribution >= 4 is 23.5 Å². The first-order valence-electron chi connectivity index (χ1n) is 8.82. The monoisotopic (exact) mass is 359 g/mol. The Kier molecular flexibility index (Phi) is 6.89. The van der Waals surface area contributed by atoms with Crippen LogP contribution >= 0.6 is 0 Å². The number of hydrogen-bond acceptors (Lipinski definition) is 5. The Morgan fingerprint density at radius 3 is 2.58 bits per heavy atom. The van der Waals surface area contributed by atoms with E-state index in [9.17, 15) is 14.4 Å². The first-order chi connectivity index (χ1) is 12.4. The van der Waals surface area contributed by atoms with Crippen molar-refractivity contribution in [3.63, 3.8) is 0 Å². The van der Waals surface area contributed by atoms with E-state index in [2.05, 4.69) is 10.4 Å². The van der Waals surface area contributed by atoms with Crippen LogP contribution in [0.15, 0.2) is 35.4 Å². The molecule has 7 nitrogen and oxygen atoms in total. The van der Waals surface area contributed by atoms with Crippen LogP contribution in [0.2, 0.25) is 0 Å². The van der Waals surface area contributed by atoms with E-state index in [0.29, 0.717) is 0 Å². The third kappa shape index (κ3) is 5.15. The summed E-state index contributed by atoms with van der Waals surface area (Å²) in [5.41, 5.74) is 1.16. The molecule has 0 aliphatic carbocycles. The van der Waals surface area contributed by atoms with Gasteiger partial charge in [0, 0.05) is 19.9 Å². The lowest BCUT2D eigenvalue weighted by Crippen LogP contribution is -2.40. The quantitative estimate of drug-likeness (QED) is 0.756. The number of ether oxygens (including phenoxy) is 1. The minimum atomic E-state index is -0.948. The molecule has 2 unspecified atom stereocenters. The topological polar surface area (TPSA) is 88.1 Å². The van der Waals surface area contributed by atoms with Crippen LogP contribution in [0.5, 0.6) is 0 Å². The maximum atomic E-state index is 12.4. The highest BCUT2D eigenvalue weighted by atomic mass is 16.5. The molecule has 0 aromatic heterocycles. The maximum absolute atomic E-state index is 12.4. The fourth-order valence-corrected chi connectivity index (χ4v) is 2.68. The Morgan fingerprint density at radius 2 is 1.96 bits per heavy atom. The molecule has 26 heavy (non-hydrogen) atoms. The van der Waals surface area contributed by atoms with Gasteiger partial charge in [-0.1, -0.05) is 43.7 Å². The normalized spacial score (nSPS) is 16.5. The Bertz CT molecular complexity index is 687. The van der Waals surface area contributed by atoms with Gasteiger partial charge in [-0.25, -0.2) is 9.80 Å². The van der Waals surface area contributed by atoms with Gasteiger partial charge in [-0.05, 0) is 18.9 Å². The number of hydrazone groups is 1. The summed E-state index contributed by atoms with van der Waals surface area (Å²) < 4.78 is 5.23. The van der Waals surface area contributed by atoms with E-state index in [4.69, 9.17) is 4.74 Å². The molecule has 0 saturated carbocycles. The molecule has 140 valence electrons. The van der Waals surface area contributed by atoms with Crippen LogP contribution in [-0.2, 0) is 19.1 Å². The lowest BCUT2D eigenvalue weighted by Gasteiger charge is -2.22. The standard InChI is InChI=1S/C19H25N3O4/c1-4-8-15(14-9-6-5-7-10-14)20-18(24)13(2)26-19(25)16-11-12-17(23)22(3)21-16/h5-7,9-10,13,15H,4,8,11-12H2,1-3H3,(H,20,24). The second kappa shape index (κ2) is 9.12. The Balaban J connectivity index is 1.96. The minimum absolute atomic E-state index is 0.134. The molecule has 1 aliphatic rings. The fourth-order valence-electron chi connectivity index (χ4n) is 2.68. The number of carbonyl (C=O) groups excluding carboxylic acids is 3. The zero-order valence-corrected chi connectivity index (χ0v) is 15.4. The lowest BCUT2D eigenvalue weighted by atomic mass is 10.0. The summed E-state index contributed by atoms with van der Waals surface area (Å²) in [6, 6.07) is 9.55. The van der Waals surface area contributed by atoms with Gasteiger partial charge in [-0.15, -0.1) is 0 Å². The molecule has 7 heteroatoms. The van der Waals surface area contributed by atoms with Gasteiger partial charge in [0.2, 0.25) is 5.91 Å². The molecule has 0 fully saturated rings. The smallest absolute Gasteiger partial charge is 0.355 e. The number of nitrogens with one attached hydrogen (secondary N) is 1. The van der Waals surface area contributed by atoms with Gasteiger partial charge in [0.25, 0.3) is 5.91 Å². The number of carbonyl (C=O) groups is 3. The molecular weight excluding hydrogens is 334 g/mol. The van der Waals surface area contributed by atoms with Crippen molar-refractivity contribution in [3.05, 3.63) is 35.9 Å². The summed E-state index contributed by atoms with van der Waals surface area (Å²) in [6.45, 7) is 3.57. The largest absolute Gasteiger partial charge is 0.448 e. The Labute approximate surface area is 153 Å². The summed E-state index contributed by atoms with van der Waals surface area (Å²) in [7, 11) is 1.49. The Morgan fingerprint density at radius 1 is 1.27 bits per heavy atom. The molecule has 2 amide bonds. The van der Waals surface area contributed by atoms with Crippen molar-refractivity contribution in [3.8, 4) is 0 Å². The first kappa shape index (κ1) is 19.6. The molecule has 1 aromatic carbocycles. The molecule has 0 radical (unpaired) electrons. The van der Waals surface area contributed by atoms with Crippen LogP contribution in [0.25, 0.3) is 0 Å². The van der Waals surface area contributed by atoms with E-state index >= 15 is 0 Å². The van der Waals surface area contributed by atoms with E-state index in [-0.39, 0.29) is 36.4 Å². The highest BCUT2D eigenvalue weighted by Crippen LogP contribution is 2.18. The van der Waals surface area contributed by atoms with Crippen molar-refractivity contribution < 1.29 is 19.1 Å². The molecule has 1 heterocycles. The van der Waals surface area contributed by atoms with Gasteiger partial charge in [0.15, 0.2) is 6.10 Å². The van der Waals surface area contributed by atoms with Crippen molar-refractivity contribution in [2.75, 3.05) is 7.05 Å². The molecule has 0 spiro atoms. The average molecular weight is 359 g/mol. The molecule has 0 saturated heterocycles. The molecule has 1 aromatic rings. The van der Waals surface area contributed by atoms with E-state index in [0.717, 1.165) is 23.4 Å². The van der Waals surface area contributed by atoms with Crippen LogP contribution in [0.3, 0.4) is 0 Å². The molecular formula is C19H25N3O4. The second-order valence-electron chi connectivity index (χ2n) is 6.27. The van der Waals surface area contributed by atoms with Crippen LogP contribution in [0.1, 0.15) is 51.1 Å². The van der Waals surface area contributed by atoms with E-state index in [1.807, 2.05) is 37.3 Å². The maximum Gasteiger partial charge on any atom is 0.355 e. The third-order valence-electron chi connectivity index (χ3n) is 4.19. The number of benzene rings is 1. The van der Waals surface area contributed by atoms with Crippen LogP contribution in [0.4, 0.5) is 0 Å². The van der Waals surface area contributed by atoms with Gasteiger partial charge in [0.1, 0.15) is 5.71 Å². The molecule has 1 aliphatic heterocycles. The SMILES string of the molecule is CCCC(NC(=O)C(C)OC(=O)C1=NN(C)C(=O)CC1)c1ccccc1. The Hall–Kier alpha value is -2.70. The summed E-state index contributed by atoms with van der Waals surface area (Å²) >= 11 is 0. The van der Waals surface area contributed by atoms with Crippen LogP contribution in [-0.4, -0.2) is 41.7 Å². The number of esters is 1.